The second-order valence-corrected chi connectivity index (χ2v) is 6.36. The van der Waals surface area contributed by atoms with Crippen molar-refractivity contribution in [3.63, 3.8) is 0 Å². The Balaban J connectivity index is 1.86. The van der Waals surface area contributed by atoms with Crippen LogP contribution in [0.5, 0.6) is 0 Å². The number of nitrogens with zero attached hydrogens (tertiary/aromatic N) is 1. The maximum atomic E-state index is 6.12. The lowest BCUT2D eigenvalue weighted by molar-refractivity contribution is 0.190. The number of hydrogen-bond acceptors (Lipinski definition) is 3. The van der Waals surface area contributed by atoms with Crippen LogP contribution in [0.25, 0.3) is 0 Å². The van der Waals surface area contributed by atoms with Crippen LogP contribution in [-0.4, -0.2) is 36.6 Å². The summed E-state index contributed by atoms with van der Waals surface area (Å²) in [6.45, 7) is 4.33. The summed E-state index contributed by atoms with van der Waals surface area (Å²) in [4.78, 5) is 2.56. The Morgan fingerprint density at radius 3 is 3.00 bits per heavy atom. The molecular weight excluding hydrogens is 290 g/mol. The van der Waals surface area contributed by atoms with Crippen molar-refractivity contribution in [1.82, 2.24) is 4.90 Å². The topological polar surface area (TPSA) is 41.3 Å². The number of para-hydroxylation sites is 1. The van der Waals surface area contributed by atoms with E-state index in [0.29, 0.717) is 12.5 Å². The van der Waals surface area contributed by atoms with E-state index in [1.54, 1.807) is 0 Å². The molecule has 1 aromatic carbocycles. The molecule has 4 heteroatoms. The third-order valence-corrected chi connectivity index (χ3v) is 5.24. The van der Waals surface area contributed by atoms with Gasteiger partial charge in [-0.3, -0.25) is 0 Å². The minimum absolute atomic E-state index is 0.0802. The largest absolute Gasteiger partial charge is 0.377 e. The second kappa shape index (κ2) is 4.83. The number of nitrogens with one attached hydrogen (secondary N) is 1. The SMILES string of the molecule is NCC1(Nc2ccccc2Br)CCN2CCC1C2. The molecular formula is C14H20BrN3. The number of piperidine rings is 1. The second-order valence-electron chi connectivity index (χ2n) is 5.50. The average Bonchev–Trinajstić information content (AvgIpc) is 2.80. The van der Waals surface area contributed by atoms with Crippen molar-refractivity contribution >= 4 is 21.6 Å². The molecule has 2 bridgehead atoms. The molecule has 0 aliphatic carbocycles. The van der Waals surface area contributed by atoms with Crippen LogP contribution in [-0.2, 0) is 0 Å². The first-order chi connectivity index (χ1) is 8.73. The van der Waals surface area contributed by atoms with E-state index in [2.05, 4.69) is 44.3 Å². The normalized spacial score (nSPS) is 34.6. The van der Waals surface area contributed by atoms with E-state index in [1.165, 1.54) is 31.7 Å². The summed E-state index contributed by atoms with van der Waals surface area (Å²) in [6.07, 6.45) is 2.42. The quantitative estimate of drug-likeness (QED) is 0.900. The predicted octanol–water partition coefficient (Wildman–Crippen LogP) is 2.28. The molecule has 2 aliphatic heterocycles. The summed E-state index contributed by atoms with van der Waals surface area (Å²) in [7, 11) is 0. The zero-order chi connectivity index (χ0) is 12.6. The van der Waals surface area contributed by atoms with Crippen molar-refractivity contribution in [1.29, 1.82) is 0 Å². The molecule has 3 nitrogen and oxygen atoms in total. The van der Waals surface area contributed by atoms with Gasteiger partial charge < -0.3 is 16.0 Å². The monoisotopic (exact) mass is 309 g/mol. The third kappa shape index (κ3) is 2.06. The highest BCUT2D eigenvalue weighted by Gasteiger charge is 2.45. The standard InChI is InChI=1S/C14H20BrN3/c15-12-3-1-2-4-13(12)17-14(10-16)6-8-18-7-5-11(14)9-18/h1-4,11,17H,5-10,16H2. The molecule has 0 radical (unpaired) electrons. The van der Waals surface area contributed by atoms with E-state index in [9.17, 15) is 0 Å². The fourth-order valence-corrected chi connectivity index (χ4v) is 3.75. The lowest BCUT2D eigenvalue weighted by atomic mass is 9.78. The van der Waals surface area contributed by atoms with Gasteiger partial charge in [-0.15, -0.1) is 0 Å². The van der Waals surface area contributed by atoms with Crippen LogP contribution >= 0.6 is 15.9 Å². The summed E-state index contributed by atoms with van der Waals surface area (Å²) in [6, 6.07) is 8.32. The molecule has 3 rings (SSSR count). The number of halogens is 1. The van der Waals surface area contributed by atoms with Crippen LogP contribution in [0.15, 0.2) is 28.7 Å². The highest BCUT2D eigenvalue weighted by atomic mass is 79.9. The first kappa shape index (κ1) is 12.5. The number of fused-ring (bicyclic) bond motifs is 2. The van der Waals surface area contributed by atoms with Gasteiger partial charge in [-0.2, -0.15) is 0 Å². The first-order valence-electron chi connectivity index (χ1n) is 6.69. The number of nitrogens with two attached hydrogens (primary N) is 1. The highest BCUT2D eigenvalue weighted by molar-refractivity contribution is 9.10. The molecule has 3 atom stereocenters. The van der Waals surface area contributed by atoms with Gasteiger partial charge >= 0.3 is 0 Å². The number of rotatable bonds is 3. The molecule has 2 fully saturated rings. The van der Waals surface area contributed by atoms with Crippen LogP contribution in [0.4, 0.5) is 5.69 Å². The van der Waals surface area contributed by atoms with Gasteiger partial charge in [0, 0.05) is 29.8 Å². The van der Waals surface area contributed by atoms with Crippen molar-refractivity contribution in [3.05, 3.63) is 28.7 Å². The lowest BCUT2D eigenvalue weighted by Crippen LogP contribution is -2.56. The minimum atomic E-state index is 0.0802. The van der Waals surface area contributed by atoms with E-state index in [0.717, 1.165) is 10.9 Å². The van der Waals surface area contributed by atoms with Crippen molar-refractivity contribution in [3.8, 4) is 0 Å². The van der Waals surface area contributed by atoms with Crippen LogP contribution in [0.1, 0.15) is 12.8 Å². The van der Waals surface area contributed by atoms with Crippen LogP contribution in [0.2, 0.25) is 0 Å². The minimum Gasteiger partial charge on any atom is -0.377 e. The Kier molecular flexibility index (Phi) is 3.34. The van der Waals surface area contributed by atoms with E-state index >= 15 is 0 Å². The molecule has 18 heavy (non-hydrogen) atoms. The Bertz CT molecular complexity index is 437. The maximum Gasteiger partial charge on any atom is 0.0548 e. The predicted molar refractivity (Wildman–Crippen MR) is 78.7 cm³/mol. The molecule has 0 saturated carbocycles. The third-order valence-electron chi connectivity index (χ3n) is 4.55. The van der Waals surface area contributed by atoms with Gasteiger partial charge in [-0.25, -0.2) is 0 Å². The van der Waals surface area contributed by atoms with E-state index in [1.807, 2.05) is 6.07 Å². The van der Waals surface area contributed by atoms with Gasteiger partial charge in [0.25, 0.3) is 0 Å². The van der Waals surface area contributed by atoms with Gasteiger partial charge in [0.05, 0.1) is 5.54 Å². The fourth-order valence-electron chi connectivity index (χ4n) is 3.36. The summed E-state index contributed by atoms with van der Waals surface area (Å²) in [5.41, 5.74) is 7.37. The van der Waals surface area contributed by atoms with E-state index in [4.69, 9.17) is 5.73 Å². The van der Waals surface area contributed by atoms with E-state index in [-0.39, 0.29) is 5.54 Å². The Hall–Kier alpha value is -0.580. The molecule has 2 saturated heterocycles. The van der Waals surface area contributed by atoms with Gasteiger partial charge in [0.2, 0.25) is 0 Å². The van der Waals surface area contributed by atoms with Crippen molar-refractivity contribution in [2.75, 3.05) is 31.5 Å². The zero-order valence-corrected chi connectivity index (χ0v) is 12.1. The molecule has 1 aromatic rings. The number of hydrogen-bond donors (Lipinski definition) is 2. The maximum absolute atomic E-state index is 6.12. The molecule has 0 spiro atoms. The molecule has 0 aromatic heterocycles. The smallest absolute Gasteiger partial charge is 0.0548 e. The summed E-state index contributed by atoms with van der Waals surface area (Å²) in [5, 5.41) is 3.74. The highest BCUT2D eigenvalue weighted by Crippen LogP contribution is 2.38. The Morgan fingerprint density at radius 1 is 1.39 bits per heavy atom. The molecule has 3 N–H and O–H groups in total. The first-order valence-corrected chi connectivity index (χ1v) is 7.48. The van der Waals surface area contributed by atoms with Crippen molar-refractivity contribution in [2.24, 2.45) is 11.7 Å². The van der Waals surface area contributed by atoms with Gasteiger partial charge in [-0.05, 0) is 53.4 Å². The van der Waals surface area contributed by atoms with Gasteiger partial charge in [0.15, 0.2) is 0 Å². The molecule has 2 heterocycles. The van der Waals surface area contributed by atoms with Crippen LogP contribution < -0.4 is 11.1 Å². The van der Waals surface area contributed by atoms with E-state index < -0.39 is 0 Å². The molecule has 3 unspecified atom stereocenters. The summed E-state index contributed by atoms with van der Waals surface area (Å²) < 4.78 is 1.12. The summed E-state index contributed by atoms with van der Waals surface area (Å²) >= 11 is 3.61. The Morgan fingerprint density at radius 2 is 2.22 bits per heavy atom. The fraction of sp³-hybridized carbons (Fsp3) is 0.571. The molecule has 98 valence electrons. The van der Waals surface area contributed by atoms with Gasteiger partial charge in [-0.1, -0.05) is 12.1 Å². The van der Waals surface area contributed by atoms with Crippen molar-refractivity contribution < 1.29 is 0 Å². The van der Waals surface area contributed by atoms with Crippen molar-refractivity contribution in [2.45, 2.75) is 18.4 Å². The molecule has 0 amide bonds. The number of anilines is 1. The van der Waals surface area contributed by atoms with Gasteiger partial charge in [0.1, 0.15) is 0 Å². The Labute approximate surface area is 117 Å². The van der Waals surface area contributed by atoms with Crippen LogP contribution in [0, 0.1) is 5.92 Å². The van der Waals surface area contributed by atoms with Crippen LogP contribution in [0.3, 0.4) is 0 Å². The number of benzene rings is 1. The lowest BCUT2D eigenvalue weighted by Gasteiger charge is -2.44. The summed E-state index contributed by atoms with van der Waals surface area (Å²) in [5.74, 6) is 0.684. The zero-order valence-electron chi connectivity index (χ0n) is 10.5. The molecule has 2 aliphatic rings. The average molecular weight is 310 g/mol.